The topological polar surface area (TPSA) is 35.5 Å². The van der Waals surface area contributed by atoms with E-state index in [1.165, 1.54) is 122 Å². The highest BCUT2D eigenvalue weighted by Gasteiger charge is 2.27. The van der Waals surface area contributed by atoms with Crippen molar-refractivity contribution in [2.45, 2.75) is 155 Å². The van der Waals surface area contributed by atoms with Gasteiger partial charge in [0.25, 0.3) is 0 Å². The summed E-state index contributed by atoms with van der Waals surface area (Å²) in [6.45, 7) is 5.34. The van der Waals surface area contributed by atoms with Gasteiger partial charge in [0.15, 0.2) is 0 Å². The SMILES string of the molecule is CCCCCCCC1CCC(CCCOc2ccc(OC(=O)C3CCC(CCCCCCC)CC3)cc2)CC1. The summed E-state index contributed by atoms with van der Waals surface area (Å²) in [7, 11) is 0. The van der Waals surface area contributed by atoms with Crippen LogP contribution in [0, 0.1) is 23.7 Å². The second-order valence-electron chi connectivity index (χ2n) is 12.9. The molecule has 0 bridgehead atoms. The Labute approximate surface area is 241 Å². The molecule has 0 heterocycles. The predicted molar refractivity (Wildman–Crippen MR) is 164 cm³/mol. The number of benzene rings is 1. The van der Waals surface area contributed by atoms with Crippen molar-refractivity contribution in [1.29, 1.82) is 0 Å². The summed E-state index contributed by atoms with van der Waals surface area (Å²) < 4.78 is 11.7. The number of ether oxygens (including phenoxy) is 2. The lowest BCUT2D eigenvalue weighted by molar-refractivity contribution is -0.140. The van der Waals surface area contributed by atoms with Gasteiger partial charge in [-0.15, -0.1) is 0 Å². The third-order valence-electron chi connectivity index (χ3n) is 9.65. The molecule has 0 atom stereocenters. The maximum absolute atomic E-state index is 12.7. The van der Waals surface area contributed by atoms with E-state index in [-0.39, 0.29) is 11.9 Å². The van der Waals surface area contributed by atoms with Gasteiger partial charge in [-0.2, -0.15) is 0 Å². The molecule has 3 heteroatoms. The molecule has 39 heavy (non-hydrogen) atoms. The summed E-state index contributed by atoms with van der Waals surface area (Å²) in [5, 5.41) is 0. The quantitative estimate of drug-likeness (QED) is 0.0994. The first kappa shape index (κ1) is 32.0. The van der Waals surface area contributed by atoms with E-state index in [4.69, 9.17) is 9.47 Å². The zero-order chi connectivity index (χ0) is 27.5. The van der Waals surface area contributed by atoms with Crippen molar-refractivity contribution >= 4 is 5.97 Å². The van der Waals surface area contributed by atoms with Gasteiger partial charge in [-0.1, -0.05) is 117 Å². The number of rotatable bonds is 19. The number of hydrogen-bond donors (Lipinski definition) is 0. The number of unbranched alkanes of at least 4 members (excludes halogenated alkanes) is 8. The highest BCUT2D eigenvalue weighted by Crippen LogP contribution is 2.35. The first-order valence-electron chi connectivity index (χ1n) is 17.1. The van der Waals surface area contributed by atoms with Crippen LogP contribution in [0.15, 0.2) is 24.3 Å². The molecule has 2 fully saturated rings. The van der Waals surface area contributed by atoms with Gasteiger partial charge in [-0.05, 0) is 80.5 Å². The monoisotopic (exact) mass is 540 g/mol. The van der Waals surface area contributed by atoms with Crippen LogP contribution in [0.3, 0.4) is 0 Å². The highest BCUT2D eigenvalue weighted by atomic mass is 16.5. The maximum atomic E-state index is 12.7. The van der Waals surface area contributed by atoms with Crippen LogP contribution in [-0.2, 0) is 4.79 Å². The van der Waals surface area contributed by atoms with Crippen LogP contribution in [0.5, 0.6) is 11.5 Å². The normalized spacial score (nSPS) is 23.4. The summed E-state index contributed by atoms with van der Waals surface area (Å²) >= 11 is 0. The van der Waals surface area contributed by atoms with Crippen molar-refractivity contribution in [1.82, 2.24) is 0 Å². The van der Waals surface area contributed by atoms with E-state index in [0.29, 0.717) is 5.75 Å². The van der Waals surface area contributed by atoms with Gasteiger partial charge in [-0.3, -0.25) is 4.79 Å². The van der Waals surface area contributed by atoms with E-state index in [2.05, 4.69) is 13.8 Å². The molecule has 0 unspecified atom stereocenters. The summed E-state index contributed by atoms with van der Waals surface area (Å²) in [5.74, 6) is 4.25. The van der Waals surface area contributed by atoms with Crippen molar-refractivity contribution in [3.8, 4) is 11.5 Å². The molecule has 0 saturated heterocycles. The summed E-state index contributed by atoms with van der Waals surface area (Å²) in [5.41, 5.74) is 0. The highest BCUT2D eigenvalue weighted by molar-refractivity contribution is 5.75. The fourth-order valence-electron chi connectivity index (χ4n) is 6.93. The standard InChI is InChI=1S/C36H60O3/c1-3-5-7-9-11-14-30-17-19-32(20-18-30)16-13-29-38-34-25-27-35(28-26-34)39-36(37)33-23-21-31(22-24-33)15-12-10-8-6-4-2/h25-28,30-33H,3-24,29H2,1-2H3. The zero-order valence-electron chi connectivity index (χ0n) is 25.6. The summed E-state index contributed by atoms with van der Waals surface area (Å²) in [6.07, 6.45) is 29.1. The Morgan fingerprint density at radius 2 is 1.03 bits per heavy atom. The first-order valence-corrected chi connectivity index (χ1v) is 17.1. The van der Waals surface area contributed by atoms with Crippen LogP contribution in [0.25, 0.3) is 0 Å². The molecule has 0 N–H and O–H groups in total. The van der Waals surface area contributed by atoms with Gasteiger partial charge in [0, 0.05) is 0 Å². The van der Waals surface area contributed by atoms with E-state index in [0.717, 1.165) is 49.4 Å². The van der Waals surface area contributed by atoms with Crippen LogP contribution >= 0.6 is 0 Å². The Morgan fingerprint density at radius 1 is 0.590 bits per heavy atom. The van der Waals surface area contributed by atoms with Crippen molar-refractivity contribution in [3.05, 3.63) is 24.3 Å². The second kappa shape index (κ2) is 19.5. The van der Waals surface area contributed by atoms with Gasteiger partial charge >= 0.3 is 5.97 Å². The maximum Gasteiger partial charge on any atom is 0.314 e. The second-order valence-corrected chi connectivity index (χ2v) is 12.9. The Hall–Kier alpha value is -1.51. The molecule has 3 rings (SSSR count). The smallest absolute Gasteiger partial charge is 0.314 e. The van der Waals surface area contributed by atoms with Crippen LogP contribution in [0.1, 0.15) is 155 Å². The molecule has 1 aromatic rings. The minimum Gasteiger partial charge on any atom is -0.494 e. The third kappa shape index (κ3) is 13.1. The van der Waals surface area contributed by atoms with E-state index < -0.39 is 0 Å². The number of carbonyl (C=O) groups excluding carboxylic acids is 1. The number of hydrogen-bond acceptors (Lipinski definition) is 3. The van der Waals surface area contributed by atoms with Crippen LogP contribution in [-0.4, -0.2) is 12.6 Å². The van der Waals surface area contributed by atoms with Gasteiger partial charge in [0.2, 0.25) is 0 Å². The van der Waals surface area contributed by atoms with Gasteiger partial charge in [0.05, 0.1) is 12.5 Å². The summed E-state index contributed by atoms with van der Waals surface area (Å²) in [6, 6.07) is 7.67. The number of carbonyl (C=O) groups is 1. The average Bonchev–Trinajstić information content (AvgIpc) is 2.97. The lowest BCUT2D eigenvalue weighted by Crippen LogP contribution is -2.25. The largest absolute Gasteiger partial charge is 0.494 e. The van der Waals surface area contributed by atoms with Crippen molar-refractivity contribution < 1.29 is 14.3 Å². The van der Waals surface area contributed by atoms with Gasteiger partial charge in [0.1, 0.15) is 11.5 Å². The average molecular weight is 541 g/mol. The fraction of sp³-hybridized carbons (Fsp3) is 0.806. The van der Waals surface area contributed by atoms with E-state index in [1.807, 2.05) is 24.3 Å². The molecule has 0 aliphatic heterocycles. The van der Waals surface area contributed by atoms with Gasteiger partial charge < -0.3 is 9.47 Å². The minimum atomic E-state index is -0.0451. The third-order valence-corrected chi connectivity index (χ3v) is 9.65. The Bertz CT molecular complexity index is 741. The molecule has 0 radical (unpaired) electrons. The molecule has 2 saturated carbocycles. The first-order chi connectivity index (χ1) is 19.2. The van der Waals surface area contributed by atoms with Crippen molar-refractivity contribution in [2.75, 3.05) is 6.61 Å². The molecule has 2 aliphatic carbocycles. The molecule has 0 aromatic heterocycles. The van der Waals surface area contributed by atoms with E-state index in [9.17, 15) is 4.79 Å². The fourth-order valence-corrected chi connectivity index (χ4v) is 6.93. The molecule has 0 amide bonds. The Balaban J connectivity index is 1.22. The minimum absolute atomic E-state index is 0.0451. The lowest BCUT2D eigenvalue weighted by Gasteiger charge is -2.28. The van der Waals surface area contributed by atoms with Gasteiger partial charge in [-0.25, -0.2) is 0 Å². The van der Waals surface area contributed by atoms with Crippen molar-refractivity contribution in [3.63, 3.8) is 0 Å². The molecular formula is C36H60O3. The zero-order valence-corrected chi connectivity index (χ0v) is 25.6. The molecule has 3 nitrogen and oxygen atoms in total. The van der Waals surface area contributed by atoms with Crippen LogP contribution in [0.4, 0.5) is 0 Å². The van der Waals surface area contributed by atoms with Crippen LogP contribution in [0.2, 0.25) is 0 Å². The molecule has 0 spiro atoms. The van der Waals surface area contributed by atoms with E-state index in [1.54, 1.807) is 0 Å². The predicted octanol–water partition coefficient (Wildman–Crippen LogP) is 11.1. The number of esters is 1. The van der Waals surface area contributed by atoms with E-state index >= 15 is 0 Å². The Kier molecular flexibility index (Phi) is 16.0. The van der Waals surface area contributed by atoms with Crippen molar-refractivity contribution in [2.24, 2.45) is 23.7 Å². The molecule has 222 valence electrons. The molecule has 2 aliphatic rings. The summed E-state index contributed by atoms with van der Waals surface area (Å²) in [4.78, 5) is 12.7. The lowest BCUT2D eigenvalue weighted by atomic mass is 9.78. The van der Waals surface area contributed by atoms with Crippen LogP contribution < -0.4 is 9.47 Å². The molecular weight excluding hydrogens is 480 g/mol. The Morgan fingerprint density at radius 3 is 1.54 bits per heavy atom. The molecule has 1 aromatic carbocycles.